The minimum atomic E-state index is -0.443. The van der Waals surface area contributed by atoms with Gasteiger partial charge in [-0.05, 0) is 25.0 Å². The summed E-state index contributed by atoms with van der Waals surface area (Å²) in [6.45, 7) is 6.41. The molecule has 0 fully saturated rings. The highest BCUT2D eigenvalue weighted by Gasteiger charge is 2.29. The Morgan fingerprint density at radius 2 is 2.00 bits per heavy atom. The van der Waals surface area contributed by atoms with Crippen LogP contribution in [-0.2, 0) is 0 Å². The van der Waals surface area contributed by atoms with Crippen molar-refractivity contribution in [3.63, 3.8) is 0 Å². The van der Waals surface area contributed by atoms with E-state index in [0.717, 1.165) is 0 Å². The van der Waals surface area contributed by atoms with Crippen molar-refractivity contribution >= 4 is 29.3 Å². The molecule has 0 bridgehead atoms. The molecule has 5 nitrogen and oxygen atoms in total. The third kappa shape index (κ3) is 3.49. The maximum atomic E-state index is 12.5. The molecular formula is C15H21ClN4O. The first-order valence-electron chi connectivity index (χ1n) is 6.70. The molecule has 0 aliphatic carbocycles. The lowest BCUT2D eigenvalue weighted by atomic mass is 9.88. The Labute approximate surface area is 130 Å². The van der Waals surface area contributed by atoms with Crippen LogP contribution in [0.3, 0.4) is 0 Å². The highest BCUT2D eigenvalue weighted by atomic mass is 35.5. The van der Waals surface area contributed by atoms with E-state index < -0.39 is 5.54 Å². The first-order valence-corrected chi connectivity index (χ1v) is 6.70. The van der Waals surface area contributed by atoms with Crippen LogP contribution in [0.1, 0.15) is 31.1 Å². The average Bonchev–Trinajstić information content (AvgIpc) is 2.46. The zero-order valence-electron chi connectivity index (χ0n) is 12.5. The smallest absolute Gasteiger partial charge is 0.254 e. The molecule has 0 saturated heterocycles. The standard InChI is InChI=1S/C15H20N4O.ClH/c1-10(2)15(3,9-16)19-14(20)11-5-4-6-12-13(11)18-8-7-17-12;/h4-8,10H,9,16H2,1-3H3,(H,19,20);1H. The molecule has 0 spiro atoms. The summed E-state index contributed by atoms with van der Waals surface area (Å²) in [5.74, 6) is 0.0651. The second kappa shape index (κ2) is 6.83. The molecule has 2 aromatic rings. The Balaban J connectivity index is 0.00000220. The Kier molecular flexibility index (Phi) is 5.63. The second-order valence-corrected chi connectivity index (χ2v) is 5.46. The number of halogens is 1. The number of para-hydroxylation sites is 1. The molecule has 1 amide bonds. The van der Waals surface area contributed by atoms with E-state index in [1.807, 2.05) is 26.8 Å². The number of carbonyl (C=O) groups excluding carboxylic acids is 1. The van der Waals surface area contributed by atoms with Gasteiger partial charge in [0.2, 0.25) is 0 Å². The monoisotopic (exact) mass is 308 g/mol. The molecular weight excluding hydrogens is 288 g/mol. The number of nitrogens with two attached hydrogens (primary N) is 1. The van der Waals surface area contributed by atoms with E-state index in [0.29, 0.717) is 23.1 Å². The Morgan fingerprint density at radius 1 is 1.33 bits per heavy atom. The molecule has 6 heteroatoms. The van der Waals surface area contributed by atoms with Gasteiger partial charge < -0.3 is 11.1 Å². The van der Waals surface area contributed by atoms with E-state index in [9.17, 15) is 4.79 Å². The maximum absolute atomic E-state index is 12.5. The quantitative estimate of drug-likeness (QED) is 0.907. The van der Waals surface area contributed by atoms with Crippen molar-refractivity contribution in [1.29, 1.82) is 0 Å². The van der Waals surface area contributed by atoms with E-state index in [-0.39, 0.29) is 24.2 Å². The number of aromatic nitrogens is 2. The zero-order valence-corrected chi connectivity index (χ0v) is 13.3. The molecule has 0 aliphatic heterocycles. The Hall–Kier alpha value is -1.72. The summed E-state index contributed by atoms with van der Waals surface area (Å²) in [5, 5.41) is 3.02. The minimum absolute atomic E-state index is 0. The molecule has 0 saturated carbocycles. The van der Waals surface area contributed by atoms with E-state index in [1.54, 1.807) is 24.5 Å². The minimum Gasteiger partial charge on any atom is -0.345 e. The summed E-state index contributed by atoms with van der Waals surface area (Å²) < 4.78 is 0. The van der Waals surface area contributed by atoms with E-state index in [4.69, 9.17) is 5.73 Å². The molecule has 21 heavy (non-hydrogen) atoms. The van der Waals surface area contributed by atoms with Crippen LogP contribution in [0, 0.1) is 5.92 Å². The number of fused-ring (bicyclic) bond motifs is 1. The van der Waals surface area contributed by atoms with Crippen LogP contribution in [0.5, 0.6) is 0 Å². The molecule has 1 unspecified atom stereocenters. The van der Waals surface area contributed by atoms with Crippen molar-refractivity contribution in [1.82, 2.24) is 15.3 Å². The Morgan fingerprint density at radius 3 is 2.62 bits per heavy atom. The fourth-order valence-electron chi connectivity index (χ4n) is 1.93. The summed E-state index contributed by atoms with van der Waals surface area (Å²) in [4.78, 5) is 21.0. The van der Waals surface area contributed by atoms with Crippen molar-refractivity contribution in [2.75, 3.05) is 6.54 Å². The van der Waals surface area contributed by atoms with Crippen LogP contribution < -0.4 is 11.1 Å². The average molecular weight is 309 g/mol. The molecule has 2 rings (SSSR count). The fourth-order valence-corrected chi connectivity index (χ4v) is 1.93. The summed E-state index contributed by atoms with van der Waals surface area (Å²) in [6, 6.07) is 5.40. The maximum Gasteiger partial charge on any atom is 0.254 e. The predicted octanol–water partition coefficient (Wildman–Crippen LogP) is 2.15. The van der Waals surface area contributed by atoms with Crippen molar-refractivity contribution in [2.45, 2.75) is 26.3 Å². The molecule has 114 valence electrons. The molecule has 0 aliphatic rings. The van der Waals surface area contributed by atoms with Crippen LogP contribution >= 0.6 is 12.4 Å². The lowest BCUT2D eigenvalue weighted by molar-refractivity contribution is 0.0885. The third-order valence-corrected chi connectivity index (χ3v) is 3.84. The molecule has 1 aromatic heterocycles. The zero-order chi connectivity index (χ0) is 14.8. The van der Waals surface area contributed by atoms with Gasteiger partial charge in [0, 0.05) is 18.9 Å². The van der Waals surface area contributed by atoms with Crippen LogP contribution in [-0.4, -0.2) is 28.0 Å². The lowest BCUT2D eigenvalue weighted by Gasteiger charge is -2.33. The number of benzene rings is 1. The predicted molar refractivity (Wildman–Crippen MR) is 86.5 cm³/mol. The van der Waals surface area contributed by atoms with E-state index in [1.165, 1.54) is 0 Å². The van der Waals surface area contributed by atoms with Crippen LogP contribution in [0.2, 0.25) is 0 Å². The van der Waals surface area contributed by atoms with Crippen molar-refractivity contribution in [3.05, 3.63) is 36.2 Å². The Bertz CT molecular complexity index is 627. The van der Waals surface area contributed by atoms with Crippen molar-refractivity contribution in [2.24, 2.45) is 11.7 Å². The van der Waals surface area contributed by atoms with Crippen LogP contribution in [0.15, 0.2) is 30.6 Å². The SMILES string of the molecule is CC(C)C(C)(CN)NC(=O)c1cccc2nccnc12.Cl. The molecule has 1 heterocycles. The number of hydrogen-bond donors (Lipinski definition) is 2. The topological polar surface area (TPSA) is 80.9 Å². The summed E-state index contributed by atoms with van der Waals surface area (Å²) in [6.07, 6.45) is 3.20. The first kappa shape index (κ1) is 17.3. The van der Waals surface area contributed by atoms with Crippen LogP contribution in [0.25, 0.3) is 11.0 Å². The highest BCUT2D eigenvalue weighted by Crippen LogP contribution is 2.18. The summed E-state index contributed by atoms with van der Waals surface area (Å²) >= 11 is 0. The van der Waals surface area contributed by atoms with Gasteiger partial charge in [-0.15, -0.1) is 12.4 Å². The fraction of sp³-hybridized carbons (Fsp3) is 0.400. The normalized spacial score (nSPS) is 13.6. The number of amides is 1. The van der Waals surface area contributed by atoms with Gasteiger partial charge in [0.05, 0.1) is 16.6 Å². The van der Waals surface area contributed by atoms with Gasteiger partial charge >= 0.3 is 0 Å². The summed E-state index contributed by atoms with van der Waals surface area (Å²) in [7, 11) is 0. The number of nitrogens with zero attached hydrogens (tertiary/aromatic N) is 2. The summed E-state index contributed by atoms with van der Waals surface area (Å²) in [5.41, 5.74) is 7.20. The van der Waals surface area contributed by atoms with Crippen molar-refractivity contribution in [3.8, 4) is 0 Å². The van der Waals surface area contributed by atoms with Gasteiger partial charge in [-0.3, -0.25) is 14.8 Å². The van der Waals surface area contributed by atoms with Gasteiger partial charge in [0.25, 0.3) is 5.91 Å². The van der Waals surface area contributed by atoms with Gasteiger partial charge in [0.1, 0.15) is 5.52 Å². The van der Waals surface area contributed by atoms with E-state index in [2.05, 4.69) is 15.3 Å². The molecule has 0 radical (unpaired) electrons. The lowest BCUT2D eigenvalue weighted by Crippen LogP contribution is -2.55. The molecule has 1 atom stereocenters. The first-order chi connectivity index (χ1) is 9.48. The highest BCUT2D eigenvalue weighted by molar-refractivity contribution is 6.04. The molecule has 3 N–H and O–H groups in total. The number of hydrogen-bond acceptors (Lipinski definition) is 4. The number of nitrogens with one attached hydrogen (secondary N) is 1. The molecule has 1 aromatic carbocycles. The van der Waals surface area contributed by atoms with Gasteiger partial charge in [-0.2, -0.15) is 0 Å². The number of rotatable bonds is 4. The number of carbonyl (C=O) groups is 1. The van der Waals surface area contributed by atoms with Crippen molar-refractivity contribution < 1.29 is 4.79 Å². The van der Waals surface area contributed by atoms with Gasteiger partial charge in [-0.1, -0.05) is 19.9 Å². The van der Waals surface area contributed by atoms with Gasteiger partial charge in [-0.25, -0.2) is 0 Å². The third-order valence-electron chi connectivity index (χ3n) is 3.84. The van der Waals surface area contributed by atoms with Gasteiger partial charge in [0.15, 0.2) is 0 Å². The second-order valence-electron chi connectivity index (χ2n) is 5.46. The van der Waals surface area contributed by atoms with E-state index >= 15 is 0 Å². The van der Waals surface area contributed by atoms with Crippen LogP contribution in [0.4, 0.5) is 0 Å². The largest absolute Gasteiger partial charge is 0.345 e.